The van der Waals surface area contributed by atoms with Crippen LogP contribution in [0.15, 0.2) is 18.2 Å². The Morgan fingerprint density at radius 1 is 1.41 bits per heavy atom. The van der Waals surface area contributed by atoms with Gasteiger partial charge in [0.15, 0.2) is 0 Å². The molecule has 3 rings (SSSR count). The average molecular weight is 234 g/mol. The first kappa shape index (κ1) is 10.7. The zero-order chi connectivity index (χ0) is 12.0. The molecule has 0 bridgehead atoms. The van der Waals surface area contributed by atoms with E-state index in [9.17, 15) is 9.18 Å². The van der Waals surface area contributed by atoms with Crippen LogP contribution in [0.4, 0.5) is 10.1 Å². The topological polar surface area (TPSA) is 23.6 Å². The van der Waals surface area contributed by atoms with Crippen molar-refractivity contribution >= 4 is 11.6 Å². The fraction of sp³-hybridized carbons (Fsp3) is 0.462. The molecule has 1 amide bonds. The molecule has 2 aliphatic heterocycles. The molecule has 0 aromatic heterocycles. The monoisotopic (exact) mass is 234 g/mol. The predicted octanol–water partition coefficient (Wildman–Crippen LogP) is 1.77. The molecule has 17 heavy (non-hydrogen) atoms. The second-order valence-electron chi connectivity index (χ2n) is 4.80. The third kappa shape index (κ3) is 1.63. The van der Waals surface area contributed by atoms with Gasteiger partial charge < -0.3 is 4.90 Å². The second kappa shape index (κ2) is 3.81. The molecule has 0 N–H and O–H groups in total. The van der Waals surface area contributed by atoms with E-state index in [-0.39, 0.29) is 17.8 Å². The van der Waals surface area contributed by atoms with Gasteiger partial charge in [0.05, 0.1) is 6.04 Å². The standard InChI is InChI=1S/C13H15FN2O/c1-15-11-5-4-10(14)7-9(11)8-16-6-2-3-12(16)13(15)17/h4-5,7,12H,2-3,6,8H2,1H3. The number of carbonyl (C=O) groups excluding carboxylic acids is 1. The van der Waals surface area contributed by atoms with Gasteiger partial charge in [0, 0.05) is 19.3 Å². The zero-order valence-electron chi connectivity index (χ0n) is 9.82. The lowest BCUT2D eigenvalue weighted by atomic mass is 10.1. The summed E-state index contributed by atoms with van der Waals surface area (Å²) in [7, 11) is 1.78. The van der Waals surface area contributed by atoms with Crippen LogP contribution in [0, 0.1) is 5.82 Å². The minimum atomic E-state index is -0.234. The number of nitrogens with zero attached hydrogens (tertiary/aromatic N) is 2. The first-order valence-corrected chi connectivity index (χ1v) is 5.97. The molecule has 0 saturated carbocycles. The van der Waals surface area contributed by atoms with Gasteiger partial charge in [-0.3, -0.25) is 9.69 Å². The Morgan fingerprint density at radius 2 is 2.24 bits per heavy atom. The summed E-state index contributed by atoms with van der Waals surface area (Å²) >= 11 is 0. The van der Waals surface area contributed by atoms with Crippen LogP contribution < -0.4 is 4.90 Å². The van der Waals surface area contributed by atoms with E-state index in [0.29, 0.717) is 6.54 Å². The van der Waals surface area contributed by atoms with E-state index in [2.05, 4.69) is 4.90 Å². The Balaban J connectivity index is 2.08. The molecule has 1 atom stereocenters. The zero-order valence-corrected chi connectivity index (χ0v) is 9.82. The Labute approximate surface area is 99.8 Å². The highest BCUT2D eigenvalue weighted by Crippen LogP contribution is 2.31. The molecule has 0 spiro atoms. The fourth-order valence-corrected chi connectivity index (χ4v) is 2.86. The number of rotatable bonds is 0. The molecule has 0 aliphatic carbocycles. The summed E-state index contributed by atoms with van der Waals surface area (Å²) in [6.07, 6.45) is 1.97. The summed E-state index contributed by atoms with van der Waals surface area (Å²) in [5, 5.41) is 0. The molecular weight excluding hydrogens is 219 g/mol. The van der Waals surface area contributed by atoms with Gasteiger partial charge in [0.25, 0.3) is 0 Å². The van der Waals surface area contributed by atoms with Crippen molar-refractivity contribution in [3.8, 4) is 0 Å². The van der Waals surface area contributed by atoms with Gasteiger partial charge in [0.2, 0.25) is 5.91 Å². The summed E-state index contributed by atoms with van der Waals surface area (Å²) < 4.78 is 13.3. The number of benzene rings is 1. The van der Waals surface area contributed by atoms with Gasteiger partial charge in [-0.25, -0.2) is 4.39 Å². The lowest BCUT2D eigenvalue weighted by Gasteiger charge is -2.22. The van der Waals surface area contributed by atoms with E-state index in [1.807, 2.05) is 0 Å². The highest BCUT2D eigenvalue weighted by Gasteiger charge is 2.36. The van der Waals surface area contributed by atoms with Crippen molar-refractivity contribution in [3.63, 3.8) is 0 Å². The van der Waals surface area contributed by atoms with E-state index < -0.39 is 0 Å². The predicted molar refractivity (Wildman–Crippen MR) is 63.2 cm³/mol. The maximum Gasteiger partial charge on any atom is 0.244 e. The molecule has 2 heterocycles. The van der Waals surface area contributed by atoms with Gasteiger partial charge in [0.1, 0.15) is 5.82 Å². The van der Waals surface area contributed by atoms with Gasteiger partial charge in [-0.05, 0) is 43.1 Å². The number of fused-ring (bicyclic) bond motifs is 2. The van der Waals surface area contributed by atoms with E-state index in [4.69, 9.17) is 0 Å². The Kier molecular flexibility index (Phi) is 2.40. The molecule has 1 unspecified atom stereocenters. The van der Waals surface area contributed by atoms with Crippen LogP contribution in [0.5, 0.6) is 0 Å². The fourth-order valence-electron chi connectivity index (χ4n) is 2.86. The number of likely N-dealkylation sites (N-methyl/N-ethyl adjacent to an activating group) is 1. The first-order chi connectivity index (χ1) is 8.16. The van der Waals surface area contributed by atoms with Crippen molar-refractivity contribution in [1.82, 2.24) is 4.90 Å². The third-order valence-corrected chi connectivity index (χ3v) is 3.76. The smallest absolute Gasteiger partial charge is 0.244 e. The first-order valence-electron chi connectivity index (χ1n) is 5.97. The van der Waals surface area contributed by atoms with Crippen LogP contribution in [0.1, 0.15) is 18.4 Å². The third-order valence-electron chi connectivity index (χ3n) is 3.76. The van der Waals surface area contributed by atoms with Crippen molar-refractivity contribution < 1.29 is 9.18 Å². The van der Waals surface area contributed by atoms with Crippen LogP contribution in [0.25, 0.3) is 0 Å². The summed E-state index contributed by atoms with van der Waals surface area (Å²) in [6, 6.07) is 4.64. The Morgan fingerprint density at radius 3 is 3.06 bits per heavy atom. The summed E-state index contributed by atoms with van der Waals surface area (Å²) in [5.41, 5.74) is 1.75. The van der Waals surface area contributed by atoms with Crippen LogP contribution >= 0.6 is 0 Å². The number of anilines is 1. The lowest BCUT2D eigenvalue weighted by molar-refractivity contribution is -0.122. The molecule has 90 valence electrons. The number of hydrogen-bond donors (Lipinski definition) is 0. The van der Waals surface area contributed by atoms with Gasteiger partial charge in [-0.1, -0.05) is 0 Å². The van der Waals surface area contributed by atoms with Crippen molar-refractivity contribution in [2.45, 2.75) is 25.4 Å². The molecule has 3 nitrogen and oxygen atoms in total. The molecule has 1 aromatic carbocycles. The quantitative estimate of drug-likeness (QED) is 0.683. The van der Waals surface area contributed by atoms with Gasteiger partial charge in [-0.15, -0.1) is 0 Å². The molecule has 4 heteroatoms. The van der Waals surface area contributed by atoms with Crippen molar-refractivity contribution in [2.75, 3.05) is 18.5 Å². The Hall–Kier alpha value is -1.42. The van der Waals surface area contributed by atoms with Crippen LogP contribution in [-0.4, -0.2) is 30.4 Å². The Bertz CT molecular complexity index is 474. The van der Waals surface area contributed by atoms with Crippen molar-refractivity contribution in [3.05, 3.63) is 29.6 Å². The SMILES string of the molecule is CN1C(=O)C2CCCN2Cc2cc(F)ccc21. The van der Waals surface area contributed by atoms with Crippen LogP contribution in [0.2, 0.25) is 0 Å². The number of halogens is 1. The van der Waals surface area contributed by atoms with E-state index >= 15 is 0 Å². The highest BCUT2D eigenvalue weighted by atomic mass is 19.1. The minimum absolute atomic E-state index is 0.0181. The lowest BCUT2D eigenvalue weighted by Crippen LogP contribution is -2.41. The maximum atomic E-state index is 13.3. The van der Waals surface area contributed by atoms with Crippen LogP contribution in [0.3, 0.4) is 0 Å². The highest BCUT2D eigenvalue weighted by molar-refractivity contribution is 5.98. The molecule has 2 aliphatic rings. The molecular formula is C13H15FN2O. The summed E-state index contributed by atoms with van der Waals surface area (Å²) in [4.78, 5) is 16.1. The number of hydrogen-bond acceptors (Lipinski definition) is 2. The van der Waals surface area contributed by atoms with Gasteiger partial charge in [-0.2, -0.15) is 0 Å². The normalized spacial score (nSPS) is 24.5. The van der Waals surface area contributed by atoms with Crippen molar-refractivity contribution in [1.29, 1.82) is 0 Å². The average Bonchev–Trinajstić information content (AvgIpc) is 2.72. The molecule has 1 fully saturated rings. The molecule has 1 saturated heterocycles. The summed E-state index contributed by atoms with van der Waals surface area (Å²) in [5.74, 6) is -0.102. The van der Waals surface area contributed by atoms with Crippen LogP contribution in [-0.2, 0) is 11.3 Å². The number of amides is 1. The summed E-state index contributed by atoms with van der Waals surface area (Å²) in [6.45, 7) is 1.61. The largest absolute Gasteiger partial charge is 0.314 e. The number of carbonyl (C=O) groups is 1. The van der Waals surface area contributed by atoms with E-state index in [0.717, 1.165) is 30.6 Å². The molecule has 0 radical (unpaired) electrons. The second-order valence-corrected chi connectivity index (χ2v) is 4.80. The van der Waals surface area contributed by atoms with Crippen molar-refractivity contribution in [2.24, 2.45) is 0 Å². The van der Waals surface area contributed by atoms with E-state index in [1.54, 1.807) is 24.1 Å². The maximum absolute atomic E-state index is 13.3. The van der Waals surface area contributed by atoms with Gasteiger partial charge >= 0.3 is 0 Å². The van der Waals surface area contributed by atoms with E-state index in [1.165, 1.54) is 6.07 Å². The minimum Gasteiger partial charge on any atom is -0.314 e. The molecule has 1 aromatic rings.